The van der Waals surface area contributed by atoms with Crippen molar-refractivity contribution in [3.63, 3.8) is 0 Å². The van der Waals surface area contributed by atoms with Crippen molar-refractivity contribution in [2.75, 3.05) is 18.9 Å². The van der Waals surface area contributed by atoms with Crippen LogP contribution in [0.4, 0.5) is 5.82 Å². The highest BCUT2D eigenvalue weighted by atomic mass is 16.5. The highest BCUT2D eigenvalue weighted by molar-refractivity contribution is 5.35. The quantitative estimate of drug-likeness (QED) is 0.724. The van der Waals surface area contributed by atoms with Crippen molar-refractivity contribution in [1.29, 1.82) is 0 Å². The molecule has 4 heteroatoms. The van der Waals surface area contributed by atoms with Gasteiger partial charge in [0.15, 0.2) is 0 Å². The van der Waals surface area contributed by atoms with Crippen molar-refractivity contribution in [3.8, 4) is 5.75 Å². The molecule has 0 spiro atoms. The number of hydrogen-bond donors (Lipinski definition) is 1. The number of nitrogens with two attached hydrogens (primary N) is 1. The van der Waals surface area contributed by atoms with Gasteiger partial charge in [-0.3, -0.25) is 0 Å². The summed E-state index contributed by atoms with van der Waals surface area (Å²) in [6, 6.07) is 3.46. The van der Waals surface area contributed by atoms with Crippen molar-refractivity contribution in [2.45, 2.75) is 20.0 Å². The summed E-state index contributed by atoms with van der Waals surface area (Å²) >= 11 is 0. The average molecular weight is 196 g/mol. The Morgan fingerprint density at radius 1 is 1.43 bits per heavy atom. The minimum atomic E-state index is 0.237. The third kappa shape index (κ3) is 4.09. The molecule has 78 valence electrons. The van der Waals surface area contributed by atoms with E-state index >= 15 is 0 Å². The minimum Gasteiger partial charge on any atom is -0.491 e. The van der Waals surface area contributed by atoms with E-state index in [0.29, 0.717) is 19.0 Å². The van der Waals surface area contributed by atoms with Gasteiger partial charge in [0.25, 0.3) is 0 Å². The largest absolute Gasteiger partial charge is 0.491 e. The molecular formula is C10H16N2O2. The maximum atomic E-state index is 5.49. The monoisotopic (exact) mass is 196 g/mol. The minimum absolute atomic E-state index is 0.237. The first kappa shape index (κ1) is 10.8. The summed E-state index contributed by atoms with van der Waals surface area (Å²) in [4.78, 5) is 3.86. The van der Waals surface area contributed by atoms with Gasteiger partial charge in [0, 0.05) is 12.3 Å². The number of aromatic nitrogens is 1. The van der Waals surface area contributed by atoms with E-state index in [4.69, 9.17) is 15.2 Å². The fraction of sp³-hybridized carbons (Fsp3) is 0.500. The van der Waals surface area contributed by atoms with Crippen LogP contribution < -0.4 is 10.5 Å². The second-order valence-electron chi connectivity index (χ2n) is 3.18. The van der Waals surface area contributed by atoms with Crippen LogP contribution in [0, 0.1) is 0 Å². The van der Waals surface area contributed by atoms with Gasteiger partial charge in [0.2, 0.25) is 0 Å². The van der Waals surface area contributed by atoms with Crippen molar-refractivity contribution >= 4 is 5.82 Å². The molecule has 1 heterocycles. The Morgan fingerprint density at radius 3 is 2.86 bits per heavy atom. The molecule has 0 aliphatic rings. The molecule has 0 aliphatic heterocycles. The van der Waals surface area contributed by atoms with Gasteiger partial charge in [-0.2, -0.15) is 0 Å². The van der Waals surface area contributed by atoms with E-state index in [-0.39, 0.29) is 6.10 Å². The number of pyridine rings is 1. The topological polar surface area (TPSA) is 57.4 Å². The molecule has 1 aromatic heterocycles. The Balaban J connectivity index is 2.25. The van der Waals surface area contributed by atoms with E-state index in [0.717, 1.165) is 5.75 Å². The molecule has 0 amide bonds. The molecule has 0 unspecified atom stereocenters. The fourth-order valence-electron chi connectivity index (χ4n) is 0.961. The average Bonchev–Trinajstić information content (AvgIpc) is 2.12. The molecule has 14 heavy (non-hydrogen) atoms. The van der Waals surface area contributed by atoms with Gasteiger partial charge in [-0.05, 0) is 19.9 Å². The SMILES string of the molecule is CC(C)OCCOc1ccnc(N)c1. The summed E-state index contributed by atoms with van der Waals surface area (Å²) < 4.78 is 10.7. The van der Waals surface area contributed by atoms with Crippen molar-refractivity contribution in [1.82, 2.24) is 4.98 Å². The van der Waals surface area contributed by atoms with E-state index < -0.39 is 0 Å². The Hall–Kier alpha value is -1.29. The highest BCUT2D eigenvalue weighted by Crippen LogP contribution is 2.11. The van der Waals surface area contributed by atoms with Crippen LogP contribution in [0.15, 0.2) is 18.3 Å². The molecule has 4 nitrogen and oxygen atoms in total. The van der Waals surface area contributed by atoms with Crippen LogP contribution in [0.3, 0.4) is 0 Å². The first-order chi connectivity index (χ1) is 6.68. The molecule has 0 radical (unpaired) electrons. The van der Waals surface area contributed by atoms with Gasteiger partial charge < -0.3 is 15.2 Å². The maximum Gasteiger partial charge on any atom is 0.126 e. The molecule has 2 N–H and O–H groups in total. The molecule has 0 saturated heterocycles. The van der Waals surface area contributed by atoms with Crippen molar-refractivity contribution in [2.24, 2.45) is 0 Å². The summed E-state index contributed by atoms with van der Waals surface area (Å²) in [5, 5.41) is 0. The summed E-state index contributed by atoms with van der Waals surface area (Å²) in [5.74, 6) is 1.19. The molecular weight excluding hydrogens is 180 g/mol. The van der Waals surface area contributed by atoms with Crippen LogP contribution in [0.25, 0.3) is 0 Å². The first-order valence-corrected chi connectivity index (χ1v) is 4.64. The van der Waals surface area contributed by atoms with Gasteiger partial charge in [-0.1, -0.05) is 0 Å². The molecule has 0 fully saturated rings. The Labute approximate surface area is 84.0 Å². The normalized spacial score (nSPS) is 10.5. The van der Waals surface area contributed by atoms with Crippen molar-refractivity contribution in [3.05, 3.63) is 18.3 Å². The zero-order chi connectivity index (χ0) is 10.4. The lowest BCUT2D eigenvalue weighted by Crippen LogP contribution is -2.11. The lowest BCUT2D eigenvalue weighted by molar-refractivity contribution is 0.0552. The standard InChI is InChI=1S/C10H16N2O2/c1-8(2)13-5-6-14-9-3-4-12-10(11)7-9/h3-4,7-8H,5-6H2,1-2H3,(H2,11,12). The maximum absolute atomic E-state index is 5.49. The lowest BCUT2D eigenvalue weighted by Gasteiger charge is -2.09. The zero-order valence-corrected chi connectivity index (χ0v) is 8.56. The van der Waals surface area contributed by atoms with E-state index in [1.165, 1.54) is 0 Å². The summed E-state index contributed by atoms with van der Waals surface area (Å²) in [6.07, 6.45) is 1.86. The van der Waals surface area contributed by atoms with Gasteiger partial charge in [-0.15, -0.1) is 0 Å². The second-order valence-corrected chi connectivity index (χ2v) is 3.18. The van der Waals surface area contributed by atoms with Crippen LogP contribution in [-0.4, -0.2) is 24.3 Å². The Morgan fingerprint density at radius 2 is 2.21 bits per heavy atom. The third-order valence-electron chi connectivity index (χ3n) is 1.56. The molecule has 0 bridgehead atoms. The van der Waals surface area contributed by atoms with E-state index in [2.05, 4.69) is 4.98 Å². The van der Waals surface area contributed by atoms with E-state index in [1.807, 2.05) is 13.8 Å². The molecule has 1 aromatic rings. The molecule has 0 aromatic carbocycles. The van der Waals surface area contributed by atoms with Crippen molar-refractivity contribution < 1.29 is 9.47 Å². The molecule has 1 rings (SSSR count). The van der Waals surface area contributed by atoms with Gasteiger partial charge in [0.1, 0.15) is 18.2 Å². The zero-order valence-electron chi connectivity index (χ0n) is 8.56. The number of hydrogen-bond acceptors (Lipinski definition) is 4. The van der Waals surface area contributed by atoms with E-state index in [1.54, 1.807) is 18.3 Å². The number of nitrogen functional groups attached to an aromatic ring is 1. The number of nitrogens with zero attached hydrogens (tertiary/aromatic N) is 1. The van der Waals surface area contributed by atoms with Crippen LogP contribution in [0.1, 0.15) is 13.8 Å². The number of rotatable bonds is 5. The number of anilines is 1. The van der Waals surface area contributed by atoms with Gasteiger partial charge in [-0.25, -0.2) is 4.98 Å². The molecule has 0 saturated carbocycles. The summed E-state index contributed by atoms with van der Waals surface area (Å²) in [7, 11) is 0. The third-order valence-corrected chi connectivity index (χ3v) is 1.56. The first-order valence-electron chi connectivity index (χ1n) is 4.64. The van der Waals surface area contributed by atoms with Crippen LogP contribution in [0.2, 0.25) is 0 Å². The van der Waals surface area contributed by atoms with E-state index in [9.17, 15) is 0 Å². The fourth-order valence-corrected chi connectivity index (χ4v) is 0.961. The number of ether oxygens (including phenoxy) is 2. The second kappa shape index (κ2) is 5.44. The summed E-state index contributed by atoms with van der Waals surface area (Å²) in [5.41, 5.74) is 5.49. The lowest BCUT2D eigenvalue weighted by atomic mass is 10.4. The predicted molar refractivity (Wildman–Crippen MR) is 55.2 cm³/mol. The van der Waals surface area contributed by atoms with Gasteiger partial charge in [0.05, 0.1) is 12.7 Å². The van der Waals surface area contributed by atoms with Crippen LogP contribution in [-0.2, 0) is 4.74 Å². The predicted octanol–water partition coefficient (Wildman–Crippen LogP) is 1.47. The van der Waals surface area contributed by atoms with Gasteiger partial charge >= 0.3 is 0 Å². The summed E-state index contributed by atoms with van der Waals surface area (Å²) in [6.45, 7) is 5.09. The molecule has 0 atom stereocenters. The van der Waals surface area contributed by atoms with Crippen LogP contribution in [0.5, 0.6) is 5.75 Å². The smallest absolute Gasteiger partial charge is 0.126 e. The van der Waals surface area contributed by atoms with Crippen LogP contribution >= 0.6 is 0 Å². The Kier molecular flexibility index (Phi) is 4.19. The highest BCUT2D eigenvalue weighted by Gasteiger charge is 1.96. The molecule has 0 aliphatic carbocycles. The Bertz CT molecular complexity index is 277.